The van der Waals surface area contributed by atoms with Crippen LogP contribution in [0, 0.1) is 5.82 Å². The fourth-order valence-corrected chi connectivity index (χ4v) is 2.09. The van der Waals surface area contributed by atoms with Gasteiger partial charge in [0, 0.05) is 23.8 Å². The van der Waals surface area contributed by atoms with E-state index in [1.165, 1.54) is 12.1 Å². The molecule has 2 nitrogen and oxygen atoms in total. The zero-order chi connectivity index (χ0) is 13.1. The fraction of sp³-hybridized carbons (Fsp3) is 0.0625. The molecule has 0 saturated heterocycles. The Morgan fingerprint density at radius 1 is 1.00 bits per heavy atom. The molecule has 0 atom stereocenters. The number of hydrogen-bond donors (Lipinski definition) is 1. The summed E-state index contributed by atoms with van der Waals surface area (Å²) in [5.74, 6) is -0.209. The number of halogens is 1. The number of nitrogens with one attached hydrogen (secondary N) is 1. The third-order valence-corrected chi connectivity index (χ3v) is 3.02. The van der Waals surface area contributed by atoms with Crippen LogP contribution in [-0.4, -0.2) is 4.98 Å². The zero-order valence-corrected chi connectivity index (χ0v) is 10.3. The monoisotopic (exact) mass is 252 g/mol. The first kappa shape index (κ1) is 11.7. The molecule has 2 aromatic carbocycles. The quantitative estimate of drug-likeness (QED) is 0.762. The molecule has 0 aliphatic carbocycles. The van der Waals surface area contributed by atoms with E-state index in [9.17, 15) is 4.39 Å². The summed E-state index contributed by atoms with van der Waals surface area (Å²) in [7, 11) is 0. The Balaban J connectivity index is 1.86. The summed E-state index contributed by atoms with van der Waals surface area (Å²) in [6, 6.07) is 16.5. The van der Waals surface area contributed by atoms with Crippen LogP contribution in [0.1, 0.15) is 5.56 Å². The number of nitrogens with zero attached hydrogens (tertiary/aromatic N) is 1. The minimum atomic E-state index is -0.209. The fourth-order valence-electron chi connectivity index (χ4n) is 2.09. The lowest BCUT2D eigenvalue weighted by atomic mass is 10.1. The van der Waals surface area contributed by atoms with Crippen molar-refractivity contribution < 1.29 is 4.39 Å². The standard InChI is InChI=1S/C16H13FN2/c17-13-5-3-4-12(10-13)11-19-16-8-9-18-15-7-2-1-6-14(15)16/h1-10H,11H2,(H,18,19). The summed E-state index contributed by atoms with van der Waals surface area (Å²) < 4.78 is 13.1. The molecule has 0 unspecified atom stereocenters. The van der Waals surface area contributed by atoms with Gasteiger partial charge in [0.1, 0.15) is 5.82 Å². The van der Waals surface area contributed by atoms with Crippen LogP contribution >= 0.6 is 0 Å². The van der Waals surface area contributed by atoms with Crippen molar-refractivity contribution in [1.82, 2.24) is 4.98 Å². The zero-order valence-electron chi connectivity index (χ0n) is 10.3. The second kappa shape index (κ2) is 5.06. The van der Waals surface area contributed by atoms with Crippen LogP contribution in [0.25, 0.3) is 10.9 Å². The molecule has 1 N–H and O–H groups in total. The number of fused-ring (bicyclic) bond motifs is 1. The predicted molar refractivity (Wildman–Crippen MR) is 75.5 cm³/mol. The number of anilines is 1. The van der Waals surface area contributed by atoms with E-state index in [-0.39, 0.29) is 5.82 Å². The smallest absolute Gasteiger partial charge is 0.123 e. The second-order valence-corrected chi connectivity index (χ2v) is 4.36. The Morgan fingerprint density at radius 2 is 1.89 bits per heavy atom. The number of para-hydroxylation sites is 1. The molecule has 0 aliphatic rings. The highest BCUT2D eigenvalue weighted by Gasteiger charge is 2.01. The molecule has 3 rings (SSSR count). The van der Waals surface area contributed by atoms with Gasteiger partial charge in [-0.25, -0.2) is 4.39 Å². The molecule has 0 aliphatic heterocycles. The van der Waals surface area contributed by atoms with Gasteiger partial charge in [-0.05, 0) is 29.8 Å². The Morgan fingerprint density at radius 3 is 2.79 bits per heavy atom. The third-order valence-electron chi connectivity index (χ3n) is 3.02. The largest absolute Gasteiger partial charge is 0.380 e. The van der Waals surface area contributed by atoms with E-state index in [1.807, 2.05) is 36.4 Å². The van der Waals surface area contributed by atoms with Crippen molar-refractivity contribution >= 4 is 16.6 Å². The van der Waals surface area contributed by atoms with Crippen LogP contribution in [0.5, 0.6) is 0 Å². The van der Waals surface area contributed by atoms with E-state index in [2.05, 4.69) is 10.3 Å². The first-order chi connectivity index (χ1) is 9.33. The molecule has 3 heteroatoms. The van der Waals surface area contributed by atoms with Gasteiger partial charge in [0.2, 0.25) is 0 Å². The molecule has 0 radical (unpaired) electrons. The number of rotatable bonds is 3. The van der Waals surface area contributed by atoms with Crippen LogP contribution in [-0.2, 0) is 6.54 Å². The van der Waals surface area contributed by atoms with Crippen LogP contribution in [0.4, 0.5) is 10.1 Å². The van der Waals surface area contributed by atoms with E-state index in [1.54, 1.807) is 12.3 Å². The van der Waals surface area contributed by atoms with Gasteiger partial charge in [0.05, 0.1) is 5.52 Å². The molecular weight excluding hydrogens is 239 g/mol. The topological polar surface area (TPSA) is 24.9 Å². The molecule has 1 aromatic heterocycles. The molecular formula is C16H13FN2. The molecule has 1 heterocycles. The van der Waals surface area contributed by atoms with Crippen molar-refractivity contribution in [2.24, 2.45) is 0 Å². The maximum Gasteiger partial charge on any atom is 0.123 e. The highest BCUT2D eigenvalue weighted by Crippen LogP contribution is 2.21. The minimum Gasteiger partial charge on any atom is -0.380 e. The maximum atomic E-state index is 13.1. The van der Waals surface area contributed by atoms with E-state index in [0.717, 1.165) is 22.2 Å². The van der Waals surface area contributed by atoms with Crippen LogP contribution in [0.15, 0.2) is 60.8 Å². The molecule has 0 bridgehead atoms. The summed E-state index contributed by atoms with van der Waals surface area (Å²) in [5, 5.41) is 4.40. The van der Waals surface area contributed by atoms with Gasteiger partial charge in [-0.15, -0.1) is 0 Å². The van der Waals surface area contributed by atoms with Gasteiger partial charge in [-0.1, -0.05) is 30.3 Å². The van der Waals surface area contributed by atoms with Crippen LogP contribution < -0.4 is 5.32 Å². The molecule has 19 heavy (non-hydrogen) atoms. The molecule has 3 aromatic rings. The normalized spacial score (nSPS) is 10.6. The minimum absolute atomic E-state index is 0.209. The van der Waals surface area contributed by atoms with Gasteiger partial charge in [0.15, 0.2) is 0 Å². The van der Waals surface area contributed by atoms with Crippen molar-refractivity contribution in [1.29, 1.82) is 0 Å². The van der Waals surface area contributed by atoms with E-state index >= 15 is 0 Å². The Bertz CT molecular complexity index is 704. The lowest BCUT2D eigenvalue weighted by Gasteiger charge is -2.09. The van der Waals surface area contributed by atoms with Gasteiger partial charge >= 0.3 is 0 Å². The van der Waals surface area contributed by atoms with Gasteiger partial charge < -0.3 is 5.32 Å². The SMILES string of the molecule is Fc1cccc(CNc2ccnc3ccccc23)c1. The number of aromatic nitrogens is 1. The van der Waals surface area contributed by atoms with E-state index in [4.69, 9.17) is 0 Å². The summed E-state index contributed by atoms with van der Waals surface area (Å²) >= 11 is 0. The van der Waals surface area contributed by atoms with Crippen LogP contribution in [0.2, 0.25) is 0 Å². The maximum absolute atomic E-state index is 13.1. The lowest BCUT2D eigenvalue weighted by molar-refractivity contribution is 0.626. The third kappa shape index (κ3) is 2.55. The van der Waals surface area contributed by atoms with Crippen molar-refractivity contribution in [3.8, 4) is 0 Å². The average Bonchev–Trinajstić information content (AvgIpc) is 2.45. The first-order valence-corrected chi connectivity index (χ1v) is 6.15. The average molecular weight is 252 g/mol. The second-order valence-electron chi connectivity index (χ2n) is 4.36. The summed E-state index contributed by atoms with van der Waals surface area (Å²) in [5.41, 5.74) is 2.88. The first-order valence-electron chi connectivity index (χ1n) is 6.15. The highest BCUT2D eigenvalue weighted by atomic mass is 19.1. The van der Waals surface area contributed by atoms with Gasteiger partial charge in [0.25, 0.3) is 0 Å². The van der Waals surface area contributed by atoms with E-state index < -0.39 is 0 Å². The Kier molecular flexibility index (Phi) is 3.11. The lowest BCUT2D eigenvalue weighted by Crippen LogP contribution is -2.00. The van der Waals surface area contributed by atoms with Crippen LogP contribution in [0.3, 0.4) is 0 Å². The van der Waals surface area contributed by atoms with E-state index in [0.29, 0.717) is 6.54 Å². The molecule has 0 amide bonds. The molecule has 0 saturated carbocycles. The van der Waals surface area contributed by atoms with Crippen molar-refractivity contribution in [2.75, 3.05) is 5.32 Å². The molecule has 0 spiro atoms. The van der Waals surface area contributed by atoms with Gasteiger partial charge in [-0.2, -0.15) is 0 Å². The number of benzene rings is 2. The van der Waals surface area contributed by atoms with Crippen molar-refractivity contribution in [3.63, 3.8) is 0 Å². The summed E-state index contributed by atoms with van der Waals surface area (Å²) in [4.78, 5) is 4.31. The highest BCUT2D eigenvalue weighted by molar-refractivity contribution is 5.90. The van der Waals surface area contributed by atoms with Crippen molar-refractivity contribution in [3.05, 3.63) is 72.2 Å². The van der Waals surface area contributed by atoms with Gasteiger partial charge in [-0.3, -0.25) is 4.98 Å². The molecule has 0 fully saturated rings. The van der Waals surface area contributed by atoms with Crippen molar-refractivity contribution in [2.45, 2.75) is 6.54 Å². The summed E-state index contributed by atoms with van der Waals surface area (Å²) in [6.07, 6.45) is 1.77. The molecule has 94 valence electrons. The predicted octanol–water partition coefficient (Wildman–Crippen LogP) is 3.99. The Labute approximate surface area is 110 Å². The number of pyridine rings is 1. The Hall–Kier alpha value is -2.42. The number of hydrogen-bond acceptors (Lipinski definition) is 2. The summed E-state index contributed by atoms with van der Waals surface area (Å²) in [6.45, 7) is 0.589.